The average molecular weight is 267 g/mol. The Kier molecular flexibility index (Phi) is 5.54. The maximum Gasteiger partial charge on any atom is 0.229 e. The molecule has 18 heavy (non-hydrogen) atoms. The molecule has 0 aliphatic carbocycles. The molecular formula is C14H21NO2S. The summed E-state index contributed by atoms with van der Waals surface area (Å²) >= 11 is 3.93. The molecule has 100 valence electrons. The second kappa shape index (κ2) is 6.69. The van der Waals surface area contributed by atoms with Gasteiger partial charge >= 0.3 is 0 Å². The van der Waals surface area contributed by atoms with Gasteiger partial charge in [-0.1, -0.05) is 6.07 Å². The molecule has 1 amide bonds. The van der Waals surface area contributed by atoms with E-state index in [0.29, 0.717) is 6.54 Å². The molecule has 0 bridgehead atoms. The van der Waals surface area contributed by atoms with Crippen molar-refractivity contribution >= 4 is 18.5 Å². The number of benzene rings is 1. The highest BCUT2D eigenvalue weighted by Gasteiger charge is 2.12. The Morgan fingerprint density at radius 1 is 1.33 bits per heavy atom. The van der Waals surface area contributed by atoms with Crippen LogP contribution in [0.3, 0.4) is 0 Å². The van der Waals surface area contributed by atoms with E-state index in [-0.39, 0.29) is 11.7 Å². The number of rotatable bonds is 5. The van der Waals surface area contributed by atoms with Gasteiger partial charge in [0.05, 0.1) is 12.9 Å². The van der Waals surface area contributed by atoms with Gasteiger partial charge in [-0.3, -0.25) is 4.79 Å². The highest BCUT2D eigenvalue weighted by molar-refractivity contribution is 7.81. The summed E-state index contributed by atoms with van der Waals surface area (Å²) in [5, 5.41) is 2.82. The lowest BCUT2D eigenvalue weighted by Gasteiger charge is -2.16. The Bertz CT molecular complexity index is 444. The van der Waals surface area contributed by atoms with Crippen LogP contribution in [0, 0.1) is 20.8 Å². The van der Waals surface area contributed by atoms with Gasteiger partial charge in [-0.2, -0.15) is 12.6 Å². The Labute approximate surface area is 114 Å². The monoisotopic (exact) mass is 267 g/mol. The van der Waals surface area contributed by atoms with Crippen molar-refractivity contribution < 1.29 is 9.53 Å². The maximum atomic E-state index is 11.1. The third-order valence-electron chi connectivity index (χ3n) is 3.16. The van der Waals surface area contributed by atoms with Crippen molar-refractivity contribution in [3.8, 4) is 5.75 Å². The van der Waals surface area contributed by atoms with Gasteiger partial charge in [0.25, 0.3) is 0 Å². The standard InChI is InChI=1S/C14H21NO2S/c1-9-7-10(2)12(14(17-4)11(9)3)5-6-15-13(16)8-18/h7,18H,5-6,8H2,1-4H3,(H,15,16). The minimum Gasteiger partial charge on any atom is -0.496 e. The average Bonchev–Trinajstić information content (AvgIpc) is 2.35. The normalized spacial score (nSPS) is 10.3. The second-order valence-corrected chi connectivity index (χ2v) is 4.72. The summed E-state index contributed by atoms with van der Waals surface area (Å²) in [6.07, 6.45) is 0.773. The lowest BCUT2D eigenvalue weighted by atomic mass is 9.97. The Morgan fingerprint density at radius 3 is 2.56 bits per heavy atom. The van der Waals surface area contributed by atoms with Gasteiger partial charge in [-0.05, 0) is 49.4 Å². The van der Waals surface area contributed by atoms with Gasteiger partial charge < -0.3 is 10.1 Å². The lowest BCUT2D eigenvalue weighted by molar-refractivity contribution is -0.118. The van der Waals surface area contributed by atoms with Gasteiger partial charge in [0.15, 0.2) is 0 Å². The number of ether oxygens (including phenoxy) is 1. The van der Waals surface area contributed by atoms with E-state index in [1.54, 1.807) is 7.11 Å². The van der Waals surface area contributed by atoms with E-state index in [9.17, 15) is 4.79 Å². The van der Waals surface area contributed by atoms with E-state index in [1.807, 2.05) is 0 Å². The molecule has 4 heteroatoms. The fourth-order valence-corrected chi connectivity index (χ4v) is 2.19. The van der Waals surface area contributed by atoms with E-state index < -0.39 is 0 Å². The largest absolute Gasteiger partial charge is 0.496 e. The van der Waals surface area contributed by atoms with Crippen LogP contribution in [0.15, 0.2) is 6.07 Å². The minimum absolute atomic E-state index is 0.0428. The first-order chi connectivity index (χ1) is 8.51. The molecule has 0 saturated carbocycles. The number of carbonyl (C=O) groups is 1. The summed E-state index contributed by atoms with van der Waals surface area (Å²) in [7, 11) is 1.69. The molecule has 0 heterocycles. The molecule has 0 aliphatic rings. The number of methoxy groups -OCH3 is 1. The minimum atomic E-state index is -0.0428. The zero-order valence-corrected chi connectivity index (χ0v) is 12.4. The zero-order chi connectivity index (χ0) is 13.7. The van der Waals surface area contributed by atoms with Crippen molar-refractivity contribution in [1.82, 2.24) is 5.32 Å². The van der Waals surface area contributed by atoms with Gasteiger partial charge in [-0.15, -0.1) is 0 Å². The number of nitrogens with one attached hydrogen (secondary N) is 1. The predicted molar refractivity (Wildman–Crippen MR) is 77.8 cm³/mol. The van der Waals surface area contributed by atoms with Crippen LogP contribution in [0.25, 0.3) is 0 Å². The molecule has 0 unspecified atom stereocenters. The first-order valence-electron chi connectivity index (χ1n) is 6.02. The van der Waals surface area contributed by atoms with Crippen LogP contribution in [0.1, 0.15) is 22.3 Å². The fourth-order valence-electron chi connectivity index (χ4n) is 2.07. The molecule has 3 nitrogen and oxygen atoms in total. The SMILES string of the molecule is COc1c(C)c(C)cc(C)c1CCNC(=O)CS. The molecule has 0 spiro atoms. The van der Waals surface area contributed by atoms with E-state index in [4.69, 9.17) is 4.74 Å². The maximum absolute atomic E-state index is 11.1. The van der Waals surface area contributed by atoms with Crippen LogP contribution in [-0.2, 0) is 11.2 Å². The smallest absolute Gasteiger partial charge is 0.229 e. The van der Waals surface area contributed by atoms with E-state index in [1.165, 1.54) is 22.3 Å². The van der Waals surface area contributed by atoms with Crippen LogP contribution < -0.4 is 10.1 Å². The molecular weight excluding hydrogens is 246 g/mol. The van der Waals surface area contributed by atoms with Crippen molar-refractivity contribution in [2.24, 2.45) is 0 Å². The Morgan fingerprint density at radius 2 is 2.00 bits per heavy atom. The van der Waals surface area contributed by atoms with Crippen molar-refractivity contribution in [3.63, 3.8) is 0 Å². The topological polar surface area (TPSA) is 38.3 Å². The molecule has 1 N–H and O–H groups in total. The van der Waals surface area contributed by atoms with Crippen molar-refractivity contribution in [1.29, 1.82) is 0 Å². The summed E-state index contributed by atoms with van der Waals surface area (Å²) in [6, 6.07) is 2.16. The predicted octanol–water partition coefficient (Wildman–Crippen LogP) is 2.21. The van der Waals surface area contributed by atoms with Crippen LogP contribution in [0.4, 0.5) is 0 Å². The molecule has 1 aromatic carbocycles. The third-order valence-corrected chi connectivity index (χ3v) is 3.45. The second-order valence-electron chi connectivity index (χ2n) is 4.41. The van der Waals surface area contributed by atoms with Crippen LogP contribution >= 0.6 is 12.6 Å². The Balaban J connectivity index is 2.88. The Hall–Kier alpha value is -1.16. The number of aryl methyl sites for hydroxylation is 2. The number of hydrogen-bond acceptors (Lipinski definition) is 3. The quantitative estimate of drug-likeness (QED) is 0.803. The van der Waals surface area contributed by atoms with Crippen LogP contribution in [0.5, 0.6) is 5.75 Å². The van der Waals surface area contributed by atoms with Crippen LogP contribution in [0.2, 0.25) is 0 Å². The highest BCUT2D eigenvalue weighted by atomic mass is 32.1. The van der Waals surface area contributed by atoms with Crippen molar-refractivity contribution in [2.45, 2.75) is 27.2 Å². The highest BCUT2D eigenvalue weighted by Crippen LogP contribution is 2.29. The number of hydrogen-bond donors (Lipinski definition) is 2. The first-order valence-corrected chi connectivity index (χ1v) is 6.65. The molecule has 0 aromatic heterocycles. The van der Waals surface area contributed by atoms with Gasteiger partial charge in [0.2, 0.25) is 5.91 Å². The third kappa shape index (κ3) is 3.42. The molecule has 0 fully saturated rings. The summed E-state index contributed by atoms with van der Waals surface area (Å²) in [6.45, 7) is 6.82. The summed E-state index contributed by atoms with van der Waals surface area (Å²) in [5.74, 6) is 1.12. The fraction of sp³-hybridized carbons (Fsp3) is 0.500. The molecule has 0 atom stereocenters. The van der Waals surface area contributed by atoms with Crippen molar-refractivity contribution in [2.75, 3.05) is 19.4 Å². The molecule has 1 aromatic rings. The van der Waals surface area contributed by atoms with E-state index in [2.05, 4.69) is 44.8 Å². The van der Waals surface area contributed by atoms with Crippen LogP contribution in [-0.4, -0.2) is 25.3 Å². The van der Waals surface area contributed by atoms with Gasteiger partial charge in [0.1, 0.15) is 5.75 Å². The number of carbonyl (C=O) groups excluding carboxylic acids is 1. The summed E-state index contributed by atoms with van der Waals surface area (Å²) < 4.78 is 5.49. The van der Waals surface area contributed by atoms with Crippen molar-refractivity contribution in [3.05, 3.63) is 28.3 Å². The van der Waals surface area contributed by atoms with E-state index >= 15 is 0 Å². The number of thiol groups is 1. The molecule has 0 aliphatic heterocycles. The number of amides is 1. The van der Waals surface area contributed by atoms with Gasteiger partial charge in [-0.25, -0.2) is 0 Å². The van der Waals surface area contributed by atoms with Gasteiger partial charge in [0, 0.05) is 6.54 Å². The lowest BCUT2D eigenvalue weighted by Crippen LogP contribution is -2.26. The zero-order valence-electron chi connectivity index (χ0n) is 11.5. The van der Waals surface area contributed by atoms with E-state index in [0.717, 1.165) is 12.2 Å². The summed E-state index contributed by atoms with van der Waals surface area (Å²) in [4.78, 5) is 11.1. The molecule has 0 saturated heterocycles. The first kappa shape index (κ1) is 14.9. The molecule has 1 rings (SSSR count). The summed E-state index contributed by atoms with van der Waals surface area (Å²) in [5.41, 5.74) is 4.77. The molecule has 0 radical (unpaired) electrons.